The van der Waals surface area contributed by atoms with Gasteiger partial charge < -0.3 is 0 Å². The molecular weight excluding hydrogens is 401 g/mol. The van der Waals surface area contributed by atoms with Crippen LogP contribution in [0.5, 0.6) is 0 Å². The molecular formula is C20H15Cl2N3O3. The number of hydrogen-bond donors (Lipinski definition) is 0. The van der Waals surface area contributed by atoms with Crippen LogP contribution in [0.15, 0.2) is 47.6 Å². The van der Waals surface area contributed by atoms with Gasteiger partial charge in [0.2, 0.25) is 5.91 Å². The van der Waals surface area contributed by atoms with Gasteiger partial charge in [-0.3, -0.25) is 19.4 Å². The van der Waals surface area contributed by atoms with Gasteiger partial charge >= 0.3 is 0 Å². The molecule has 142 valence electrons. The molecule has 2 amide bonds. The topological polar surface area (TPSA) is 70.1 Å². The minimum Gasteiger partial charge on any atom is -0.293 e. The van der Waals surface area contributed by atoms with Crippen LogP contribution >= 0.6 is 23.2 Å². The van der Waals surface area contributed by atoms with Gasteiger partial charge in [0.25, 0.3) is 5.91 Å². The van der Waals surface area contributed by atoms with Gasteiger partial charge in [-0.25, -0.2) is 4.90 Å². The lowest BCUT2D eigenvalue weighted by Crippen LogP contribution is -2.39. The highest BCUT2D eigenvalue weighted by atomic mass is 35.5. The molecule has 2 aromatic rings. The normalized spacial score (nSPS) is 21.2. The molecule has 1 fully saturated rings. The van der Waals surface area contributed by atoms with E-state index in [2.05, 4.69) is 5.10 Å². The Balaban J connectivity index is 1.86. The molecule has 0 bridgehead atoms. The SMILES string of the molecule is CC(=O)C1=NN(c2cccc(Cl)c2C)C2C(=O)N(c3ccccc3Cl)C(=O)C12. The number of carbonyl (C=O) groups excluding carboxylic acids is 3. The summed E-state index contributed by atoms with van der Waals surface area (Å²) in [6.07, 6.45) is 0. The number of nitrogens with zero attached hydrogens (tertiary/aromatic N) is 3. The van der Waals surface area contributed by atoms with E-state index in [0.29, 0.717) is 22.0 Å². The Kier molecular flexibility index (Phi) is 4.48. The van der Waals surface area contributed by atoms with Gasteiger partial charge in [0.05, 0.1) is 16.4 Å². The van der Waals surface area contributed by atoms with Crippen molar-refractivity contribution in [2.75, 3.05) is 9.91 Å². The highest BCUT2D eigenvalue weighted by molar-refractivity contribution is 6.49. The highest BCUT2D eigenvalue weighted by Crippen LogP contribution is 2.41. The van der Waals surface area contributed by atoms with Crippen molar-refractivity contribution in [3.63, 3.8) is 0 Å². The largest absolute Gasteiger partial charge is 0.293 e. The number of benzene rings is 2. The second kappa shape index (κ2) is 6.72. The first-order valence-corrected chi connectivity index (χ1v) is 9.34. The average molecular weight is 416 g/mol. The Bertz CT molecular complexity index is 1070. The van der Waals surface area contributed by atoms with E-state index in [4.69, 9.17) is 23.2 Å². The zero-order chi connectivity index (χ0) is 20.2. The van der Waals surface area contributed by atoms with Gasteiger partial charge in [-0.1, -0.05) is 41.4 Å². The monoisotopic (exact) mass is 415 g/mol. The summed E-state index contributed by atoms with van der Waals surface area (Å²) >= 11 is 12.4. The maximum Gasteiger partial charge on any atom is 0.259 e. The predicted molar refractivity (Wildman–Crippen MR) is 108 cm³/mol. The Hall–Kier alpha value is -2.70. The number of Topliss-reactive ketones (excluding diaryl/α,β-unsaturated/α-hetero) is 1. The molecule has 8 heteroatoms. The van der Waals surface area contributed by atoms with Crippen molar-refractivity contribution in [3.8, 4) is 0 Å². The highest BCUT2D eigenvalue weighted by Gasteiger charge is 2.58. The predicted octanol–water partition coefficient (Wildman–Crippen LogP) is 3.63. The fourth-order valence-electron chi connectivity index (χ4n) is 3.62. The molecule has 2 unspecified atom stereocenters. The first-order chi connectivity index (χ1) is 13.3. The van der Waals surface area contributed by atoms with Crippen molar-refractivity contribution < 1.29 is 14.4 Å². The minimum absolute atomic E-state index is 0.0530. The number of carbonyl (C=O) groups is 3. The van der Waals surface area contributed by atoms with Gasteiger partial charge in [-0.05, 0) is 36.8 Å². The molecule has 2 atom stereocenters. The van der Waals surface area contributed by atoms with E-state index in [1.165, 1.54) is 11.9 Å². The van der Waals surface area contributed by atoms with Gasteiger partial charge in [0.1, 0.15) is 17.7 Å². The third-order valence-corrected chi connectivity index (χ3v) is 5.72. The van der Waals surface area contributed by atoms with Crippen LogP contribution in [0, 0.1) is 12.8 Å². The fraction of sp³-hybridized carbons (Fsp3) is 0.200. The first kappa shape index (κ1) is 18.7. The number of fused-ring (bicyclic) bond motifs is 1. The number of rotatable bonds is 3. The smallest absolute Gasteiger partial charge is 0.259 e. The second-order valence-corrected chi connectivity index (χ2v) is 7.47. The van der Waals surface area contributed by atoms with Crippen LogP contribution in [0.1, 0.15) is 12.5 Å². The van der Waals surface area contributed by atoms with Crippen molar-refractivity contribution in [2.24, 2.45) is 11.0 Å². The molecule has 2 aliphatic heterocycles. The molecule has 1 saturated heterocycles. The van der Waals surface area contributed by atoms with E-state index >= 15 is 0 Å². The van der Waals surface area contributed by atoms with Crippen LogP contribution < -0.4 is 9.91 Å². The lowest BCUT2D eigenvalue weighted by Gasteiger charge is -2.24. The van der Waals surface area contributed by atoms with Crippen molar-refractivity contribution in [1.82, 2.24) is 0 Å². The first-order valence-electron chi connectivity index (χ1n) is 8.59. The summed E-state index contributed by atoms with van der Waals surface area (Å²) in [5.74, 6) is -2.35. The van der Waals surface area contributed by atoms with Crippen LogP contribution in [0.2, 0.25) is 10.0 Å². The lowest BCUT2D eigenvalue weighted by atomic mass is 9.95. The Morgan fingerprint density at radius 2 is 1.61 bits per heavy atom. The molecule has 0 aliphatic carbocycles. The molecule has 0 saturated carbocycles. The van der Waals surface area contributed by atoms with E-state index in [1.807, 2.05) is 0 Å². The van der Waals surface area contributed by atoms with Crippen LogP contribution in [-0.4, -0.2) is 29.4 Å². The molecule has 2 aliphatic rings. The van der Waals surface area contributed by atoms with Crippen LogP contribution in [0.4, 0.5) is 11.4 Å². The Labute approximate surface area is 171 Å². The van der Waals surface area contributed by atoms with E-state index in [0.717, 1.165) is 4.90 Å². The number of hydrazone groups is 1. The van der Waals surface area contributed by atoms with Crippen LogP contribution in [0.25, 0.3) is 0 Å². The summed E-state index contributed by atoms with van der Waals surface area (Å²) < 4.78 is 0. The standard InChI is InChI=1S/C20H15Cl2N3O3/c1-10-12(21)7-5-9-14(10)25-18-16(17(23-25)11(2)26)19(27)24(20(18)28)15-8-4-3-6-13(15)22/h3-9,16,18H,1-2H3. The number of para-hydroxylation sites is 1. The quantitative estimate of drug-likeness (QED) is 0.717. The van der Waals surface area contributed by atoms with E-state index in [-0.39, 0.29) is 16.5 Å². The lowest BCUT2D eigenvalue weighted by molar-refractivity contribution is -0.122. The van der Waals surface area contributed by atoms with Gasteiger partial charge in [-0.15, -0.1) is 0 Å². The Morgan fingerprint density at radius 1 is 0.964 bits per heavy atom. The molecule has 0 N–H and O–H groups in total. The number of anilines is 2. The molecule has 0 radical (unpaired) electrons. The van der Waals surface area contributed by atoms with Crippen LogP contribution in [-0.2, 0) is 14.4 Å². The van der Waals surface area contributed by atoms with Crippen molar-refractivity contribution in [2.45, 2.75) is 19.9 Å². The molecule has 4 rings (SSSR count). The zero-order valence-electron chi connectivity index (χ0n) is 15.0. The third kappa shape index (κ3) is 2.64. The van der Waals surface area contributed by atoms with Crippen LogP contribution in [0.3, 0.4) is 0 Å². The van der Waals surface area contributed by atoms with Gasteiger partial charge in [0.15, 0.2) is 5.78 Å². The number of halogens is 2. The molecule has 0 spiro atoms. The van der Waals surface area contributed by atoms with E-state index in [9.17, 15) is 14.4 Å². The Morgan fingerprint density at radius 3 is 2.29 bits per heavy atom. The molecule has 0 aromatic heterocycles. The number of amides is 2. The fourth-order valence-corrected chi connectivity index (χ4v) is 4.01. The maximum absolute atomic E-state index is 13.3. The molecule has 6 nitrogen and oxygen atoms in total. The van der Waals surface area contributed by atoms with Crippen molar-refractivity contribution in [1.29, 1.82) is 0 Å². The zero-order valence-corrected chi connectivity index (χ0v) is 16.5. The van der Waals surface area contributed by atoms with Crippen molar-refractivity contribution >= 4 is 57.9 Å². The molecule has 2 heterocycles. The van der Waals surface area contributed by atoms with E-state index in [1.54, 1.807) is 49.4 Å². The molecule has 2 aromatic carbocycles. The summed E-state index contributed by atoms with van der Waals surface area (Å²) in [6, 6.07) is 10.8. The summed E-state index contributed by atoms with van der Waals surface area (Å²) in [6.45, 7) is 3.13. The summed E-state index contributed by atoms with van der Waals surface area (Å²) in [4.78, 5) is 39.7. The number of ketones is 1. The summed E-state index contributed by atoms with van der Waals surface area (Å²) in [5, 5.41) is 6.54. The van der Waals surface area contributed by atoms with Crippen molar-refractivity contribution in [3.05, 3.63) is 58.1 Å². The average Bonchev–Trinajstić information content (AvgIpc) is 3.16. The number of imide groups is 1. The molecule has 28 heavy (non-hydrogen) atoms. The minimum atomic E-state index is -0.986. The van der Waals surface area contributed by atoms with Gasteiger partial charge in [0, 0.05) is 11.9 Å². The van der Waals surface area contributed by atoms with E-state index < -0.39 is 23.8 Å². The summed E-state index contributed by atoms with van der Waals surface area (Å²) in [7, 11) is 0. The summed E-state index contributed by atoms with van der Waals surface area (Å²) in [5.41, 5.74) is 1.62. The van der Waals surface area contributed by atoms with Gasteiger partial charge in [-0.2, -0.15) is 5.10 Å². The third-order valence-electron chi connectivity index (χ3n) is 4.99. The number of hydrogen-bond acceptors (Lipinski definition) is 5. The maximum atomic E-state index is 13.3. The second-order valence-electron chi connectivity index (χ2n) is 6.66.